The molecule has 0 bridgehead atoms. The first-order chi connectivity index (χ1) is 10.7. The number of hydrogen-bond donors (Lipinski definition) is 0. The van der Waals surface area contributed by atoms with Gasteiger partial charge in [-0.25, -0.2) is 15.0 Å². The molecule has 1 saturated carbocycles. The number of pyridine rings is 1. The van der Waals surface area contributed by atoms with E-state index in [0.717, 1.165) is 61.3 Å². The van der Waals surface area contributed by atoms with Gasteiger partial charge in [0, 0.05) is 36.5 Å². The average Bonchev–Trinajstić information content (AvgIpc) is 3.38. The molecule has 22 heavy (non-hydrogen) atoms. The Hall–Kier alpha value is -2.04. The van der Waals surface area contributed by atoms with Crippen LogP contribution in [0.1, 0.15) is 43.1 Å². The highest BCUT2D eigenvalue weighted by atomic mass is 16.2. The van der Waals surface area contributed by atoms with E-state index in [1.54, 1.807) is 6.20 Å². The fourth-order valence-electron chi connectivity index (χ4n) is 3.37. The molecule has 2 aromatic rings. The molecular weight excluding hydrogens is 276 g/mol. The molecule has 1 saturated heterocycles. The average molecular weight is 296 g/mol. The lowest BCUT2D eigenvalue weighted by Gasteiger charge is -2.32. The van der Waals surface area contributed by atoms with Crippen molar-refractivity contribution in [1.29, 1.82) is 0 Å². The molecule has 5 heteroatoms. The van der Waals surface area contributed by atoms with Gasteiger partial charge in [0.25, 0.3) is 0 Å². The topological polar surface area (TPSA) is 59.0 Å². The van der Waals surface area contributed by atoms with Crippen molar-refractivity contribution < 1.29 is 4.79 Å². The van der Waals surface area contributed by atoms with Gasteiger partial charge in [-0.05, 0) is 44.7 Å². The van der Waals surface area contributed by atoms with E-state index in [0.29, 0.717) is 17.7 Å². The summed E-state index contributed by atoms with van der Waals surface area (Å²) in [7, 11) is 0. The Bertz CT molecular complexity index is 718. The first-order valence-corrected chi connectivity index (χ1v) is 8.10. The third-order valence-electron chi connectivity index (χ3n) is 4.73. The summed E-state index contributed by atoms with van der Waals surface area (Å²) in [4.78, 5) is 27.7. The summed E-state index contributed by atoms with van der Waals surface area (Å²) < 4.78 is 0. The van der Waals surface area contributed by atoms with Gasteiger partial charge in [0.15, 0.2) is 5.65 Å². The van der Waals surface area contributed by atoms with Gasteiger partial charge in [-0.2, -0.15) is 0 Å². The van der Waals surface area contributed by atoms with Crippen molar-refractivity contribution in [3.8, 4) is 0 Å². The molecule has 1 aliphatic carbocycles. The monoisotopic (exact) mass is 296 g/mol. The van der Waals surface area contributed by atoms with Crippen molar-refractivity contribution in [1.82, 2.24) is 19.9 Å². The number of carbonyl (C=O) groups is 1. The fourth-order valence-corrected chi connectivity index (χ4v) is 3.37. The van der Waals surface area contributed by atoms with Crippen LogP contribution in [0, 0.1) is 12.8 Å². The number of aryl methyl sites for hydroxylation is 1. The maximum absolute atomic E-state index is 12.2. The number of aromatic nitrogens is 3. The van der Waals surface area contributed by atoms with Crippen molar-refractivity contribution >= 4 is 16.9 Å². The number of hydrogen-bond acceptors (Lipinski definition) is 4. The van der Waals surface area contributed by atoms with Crippen LogP contribution in [0.2, 0.25) is 0 Å². The Morgan fingerprint density at radius 1 is 1.18 bits per heavy atom. The number of rotatable bonds is 2. The van der Waals surface area contributed by atoms with Crippen molar-refractivity contribution in [3.05, 3.63) is 29.8 Å². The van der Waals surface area contributed by atoms with E-state index in [9.17, 15) is 4.79 Å². The van der Waals surface area contributed by atoms with E-state index in [1.807, 2.05) is 17.9 Å². The zero-order chi connectivity index (χ0) is 15.1. The molecule has 0 atom stereocenters. The molecule has 2 aliphatic rings. The second kappa shape index (κ2) is 5.30. The van der Waals surface area contributed by atoms with Gasteiger partial charge in [-0.3, -0.25) is 4.79 Å². The SMILES string of the molecule is Cc1nc(C2CCN(C(=O)C3CC3)CC2)c2cccnc2n1. The van der Waals surface area contributed by atoms with E-state index in [2.05, 4.69) is 21.0 Å². The van der Waals surface area contributed by atoms with Crippen molar-refractivity contribution in [2.45, 2.75) is 38.5 Å². The molecule has 1 amide bonds. The van der Waals surface area contributed by atoms with Gasteiger partial charge in [0.1, 0.15) is 5.82 Å². The molecular formula is C17H20N4O. The normalized spacial score (nSPS) is 19.6. The highest BCUT2D eigenvalue weighted by Crippen LogP contribution is 2.35. The van der Waals surface area contributed by atoms with Crippen LogP contribution in [0.15, 0.2) is 18.3 Å². The zero-order valence-electron chi connectivity index (χ0n) is 12.8. The Morgan fingerprint density at radius 2 is 1.95 bits per heavy atom. The second-order valence-electron chi connectivity index (χ2n) is 6.40. The lowest BCUT2D eigenvalue weighted by molar-refractivity contribution is -0.133. The van der Waals surface area contributed by atoms with E-state index < -0.39 is 0 Å². The van der Waals surface area contributed by atoms with Crippen molar-refractivity contribution in [2.75, 3.05) is 13.1 Å². The van der Waals surface area contributed by atoms with Crippen LogP contribution in [0.3, 0.4) is 0 Å². The number of nitrogens with zero attached hydrogens (tertiary/aromatic N) is 4. The molecule has 0 unspecified atom stereocenters. The van der Waals surface area contributed by atoms with E-state index >= 15 is 0 Å². The third kappa shape index (κ3) is 2.45. The Morgan fingerprint density at radius 3 is 2.68 bits per heavy atom. The molecule has 1 aliphatic heterocycles. The molecule has 3 heterocycles. The second-order valence-corrected chi connectivity index (χ2v) is 6.40. The van der Waals surface area contributed by atoms with Crippen LogP contribution >= 0.6 is 0 Å². The van der Waals surface area contributed by atoms with Gasteiger partial charge in [-0.15, -0.1) is 0 Å². The maximum atomic E-state index is 12.2. The van der Waals surface area contributed by atoms with Crippen LogP contribution in [0.5, 0.6) is 0 Å². The summed E-state index contributed by atoms with van der Waals surface area (Å²) in [5, 5.41) is 1.06. The minimum absolute atomic E-state index is 0.322. The number of piperidine rings is 1. The standard InChI is InChI=1S/C17H20N4O/c1-11-19-15(14-3-2-8-18-16(14)20-11)12-6-9-21(10-7-12)17(22)13-4-5-13/h2-3,8,12-13H,4-7,9-10H2,1H3. The Balaban J connectivity index is 1.57. The molecule has 2 fully saturated rings. The number of likely N-dealkylation sites (tertiary alicyclic amines) is 1. The smallest absolute Gasteiger partial charge is 0.225 e. The van der Waals surface area contributed by atoms with Gasteiger partial charge in [0.2, 0.25) is 5.91 Å². The van der Waals surface area contributed by atoms with Crippen molar-refractivity contribution in [2.24, 2.45) is 5.92 Å². The van der Waals surface area contributed by atoms with Crippen LogP contribution in [0.25, 0.3) is 11.0 Å². The Labute approximate surface area is 129 Å². The zero-order valence-corrected chi connectivity index (χ0v) is 12.8. The summed E-state index contributed by atoms with van der Waals surface area (Å²) in [5.74, 6) is 1.86. The highest BCUT2D eigenvalue weighted by molar-refractivity contribution is 5.81. The molecule has 0 aromatic carbocycles. The highest BCUT2D eigenvalue weighted by Gasteiger charge is 2.35. The predicted octanol–water partition coefficient (Wildman–Crippen LogP) is 2.45. The van der Waals surface area contributed by atoms with Gasteiger partial charge < -0.3 is 4.90 Å². The summed E-state index contributed by atoms with van der Waals surface area (Å²) >= 11 is 0. The van der Waals surface area contributed by atoms with E-state index in [1.165, 1.54) is 0 Å². The predicted molar refractivity (Wildman–Crippen MR) is 83.3 cm³/mol. The van der Waals surface area contributed by atoms with Crippen LogP contribution in [0.4, 0.5) is 0 Å². The maximum Gasteiger partial charge on any atom is 0.225 e. The van der Waals surface area contributed by atoms with Gasteiger partial charge in [0.05, 0.1) is 5.69 Å². The lowest BCUT2D eigenvalue weighted by atomic mass is 9.91. The molecule has 0 radical (unpaired) electrons. The largest absolute Gasteiger partial charge is 0.342 e. The summed E-state index contributed by atoms with van der Waals surface area (Å²) in [6.45, 7) is 3.62. The van der Waals surface area contributed by atoms with Crippen molar-refractivity contribution in [3.63, 3.8) is 0 Å². The number of carbonyl (C=O) groups excluding carboxylic acids is 1. The lowest BCUT2D eigenvalue weighted by Crippen LogP contribution is -2.39. The quantitative estimate of drug-likeness (QED) is 0.854. The van der Waals surface area contributed by atoms with E-state index in [4.69, 9.17) is 0 Å². The summed E-state index contributed by atoms with van der Waals surface area (Å²) in [6.07, 6.45) is 5.91. The molecule has 5 nitrogen and oxygen atoms in total. The van der Waals surface area contributed by atoms with Gasteiger partial charge >= 0.3 is 0 Å². The number of fused-ring (bicyclic) bond motifs is 1. The molecule has 4 rings (SSSR count). The molecule has 2 aromatic heterocycles. The minimum Gasteiger partial charge on any atom is -0.342 e. The third-order valence-corrected chi connectivity index (χ3v) is 4.73. The molecule has 114 valence electrons. The molecule has 0 N–H and O–H groups in total. The van der Waals surface area contributed by atoms with Crippen LogP contribution in [-0.4, -0.2) is 38.8 Å². The fraction of sp³-hybridized carbons (Fsp3) is 0.529. The molecule has 0 spiro atoms. The van der Waals surface area contributed by atoms with E-state index in [-0.39, 0.29) is 0 Å². The first-order valence-electron chi connectivity index (χ1n) is 8.10. The van der Waals surface area contributed by atoms with Crippen LogP contribution < -0.4 is 0 Å². The first kappa shape index (κ1) is 13.6. The minimum atomic E-state index is 0.322. The summed E-state index contributed by atoms with van der Waals surface area (Å²) in [6, 6.07) is 4.00. The Kier molecular flexibility index (Phi) is 3.28. The summed E-state index contributed by atoms with van der Waals surface area (Å²) in [5.41, 5.74) is 1.88. The number of amides is 1. The van der Waals surface area contributed by atoms with Crippen LogP contribution in [-0.2, 0) is 4.79 Å². The van der Waals surface area contributed by atoms with Gasteiger partial charge in [-0.1, -0.05) is 0 Å².